The fourth-order valence-corrected chi connectivity index (χ4v) is 2.92. The maximum atomic E-state index is 12.7. The lowest BCUT2D eigenvalue weighted by Crippen LogP contribution is -2.13. The summed E-state index contributed by atoms with van der Waals surface area (Å²) in [4.78, 5) is 12.7. The predicted octanol–water partition coefficient (Wildman–Crippen LogP) is 5.39. The average Bonchev–Trinajstić information content (AvgIpc) is 2.74. The first-order valence-corrected chi connectivity index (χ1v) is 9.14. The van der Waals surface area contributed by atoms with Gasteiger partial charge in [-0.15, -0.1) is 0 Å². The molecule has 3 aromatic carbocycles. The zero-order valence-corrected chi connectivity index (χ0v) is 16.1. The predicted molar refractivity (Wildman–Crippen MR) is 110 cm³/mol. The number of fused-ring (bicyclic) bond motifs is 1. The molecule has 0 heterocycles. The number of nitrogens with zero attached hydrogens (tertiary/aromatic N) is 1. The Morgan fingerprint density at radius 3 is 2.63 bits per heavy atom. The van der Waals surface area contributed by atoms with E-state index in [-0.39, 0.29) is 23.7 Å². The maximum absolute atomic E-state index is 12.7. The summed E-state index contributed by atoms with van der Waals surface area (Å²) in [7, 11) is 0. The van der Waals surface area contributed by atoms with E-state index >= 15 is 0 Å². The molecule has 0 aliphatic rings. The third kappa shape index (κ3) is 4.92. The number of rotatable bonds is 7. The molecule has 0 aliphatic carbocycles. The molecular weight excluding hydrogens is 390 g/mol. The van der Waals surface area contributed by atoms with E-state index in [4.69, 9.17) is 4.74 Å². The Bertz CT molecular complexity index is 1130. The molecule has 152 valence electrons. The molecule has 3 rings (SSSR count). The van der Waals surface area contributed by atoms with Crippen molar-refractivity contribution in [3.8, 4) is 17.6 Å². The summed E-state index contributed by atoms with van der Waals surface area (Å²) in [5.74, 6) is -0.610. The van der Waals surface area contributed by atoms with Gasteiger partial charge in [-0.1, -0.05) is 42.5 Å². The minimum Gasteiger partial charge on any atom is -0.490 e. The summed E-state index contributed by atoms with van der Waals surface area (Å²) in [6.45, 7) is -1.06. The second kappa shape index (κ2) is 9.52. The fourth-order valence-electron chi connectivity index (χ4n) is 2.92. The van der Waals surface area contributed by atoms with E-state index in [0.29, 0.717) is 11.3 Å². The van der Waals surface area contributed by atoms with Gasteiger partial charge in [0.15, 0.2) is 11.5 Å². The molecule has 0 aromatic heterocycles. The SMILES string of the molecule is CCOc1cc(/C=C(/C#N)C(=O)Nc2cccc3ccccc23)ccc1OC(F)F. The molecule has 0 atom stereocenters. The number of carbonyl (C=O) groups excluding carboxylic acids is 1. The Hall–Kier alpha value is -3.92. The van der Waals surface area contributed by atoms with Crippen LogP contribution in [0.15, 0.2) is 66.2 Å². The molecule has 3 aromatic rings. The number of hydrogen-bond donors (Lipinski definition) is 1. The summed E-state index contributed by atoms with van der Waals surface area (Å²) in [6.07, 6.45) is 1.36. The van der Waals surface area contributed by atoms with Gasteiger partial charge in [-0.05, 0) is 42.1 Å². The van der Waals surface area contributed by atoms with Crippen molar-refractivity contribution in [2.75, 3.05) is 11.9 Å². The number of nitrogens with one attached hydrogen (secondary N) is 1. The zero-order valence-electron chi connectivity index (χ0n) is 16.1. The van der Waals surface area contributed by atoms with Gasteiger partial charge in [0.25, 0.3) is 5.91 Å². The number of nitriles is 1. The number of halogens is 2. The first-order valence-electron chi connectivity index (χ1n) is 9.14. The molecule has 0 spiro atoms. The number of anilines is 1. The Morgan fingerprint density at radius 1 is 1.13 bits per heavy atom. The van der Waals surface area contributed by atoms with E-state index < -0.39 is 12.5 Å². The smallest absolute Gasteiger partial charge is 0.387 e. The number of alkyl halides is 2. The summed E-state index contributed by atoms with van der Waals surface area (Å²) in [5, 5.41) is 14.0. The van der Waals surface area contributed by atoms with Crippen molar-refractivity contribution in [1.82, 2.24) is 0 Å². The van der Waals surface area contributed by atoms with Crippen molar-refractivity contribution in [2.45, 2.75) is 13.5 Å². The van der Waals surface area contributed by atoms with Gasteiger partial charge >= 0.3 is 6.61 Å². The van der Waals surface area contributed by atoms with Crippen LogP contribution in [0, 0.1) is 11.3 Å². The van der Waals surface area contributed by atoms with Crippen molar-refractivity contribution in [1.29, 1.82) is 5.26 Å². The zero-order chi connectivity index (χ0) is 21.5. The first kappa shape index (κ1) is 20.8. The molecule has 0 fully saturated rings. The Labute approximate surface area is 172 Å². The number of benzene rings is 3. The van der Waals surface area contributed by atoms with Crippen LogP contribution in [0.25, 0.3) is 16.8 Å². The Kier molecular flexibility index (Phi) is 6.60. The lowest BCUT2D eigenvalue weighted by molar-refractivity contribution is -0.112. The standard InChI is InChI=1S/C23H18F2N2O3/c1-2-29-21-13-15(10-11-20(21)30-23(24)25)12-17(14-26)22(28)27-19-9-5-7-16-6-3-4-8-18(16)19/h3-13,23H,2H2,1H3,(H,27,28)/b17-12-. The number of hydrogen-bond acceptors (Lipinski definition) is 4. The number of amides is 1. The van der Waals surface area contributed by atoms with Gasteiger partial charge < -0.3 is 14.8 Å². The summed E-state index contributed by atoms with van der Waals surface area (Å²) >= 11 is 0. The van der Waals surface area contributed by atoms with Crippen LogP contribution in [0.3, 0.4) is 0 Å². The minimum atomic E-state index is -2.99. The summed E-state index contributed by atoms with van der Waals surface area (Å²) in [5.41, 5.74) is 0.868. The molecule has 0 saturated carbocycles. The van der Waals surface area contributed by atoms with Gasteiger partial charge in [-0.25, -0.2) is 0 Å². The lowest BCUT2D eigenvalue weighted by atomic mass is 10.1. The van der Waals surface area contributed by atoms with Gasteiger partial charge in [0.2, 0.25) is 0 Å². The Balaban J connectivity index is 1.88. The van der Waals surface area contributed by atoms with E-state index in [9.17, 15) is 18.8 Å². The average molecular weight is 408 g/mol. The largest absolute Gasteiger partial charge is 0.490 e. The molecule has 0 saturated heterocycles. The molecule has 7 heteroatoms. The minimum absolute atomic E-state index is 0.0956. The van der Waals surface area contributed by atoms with Crippen LogP contribution in [0.1, 0.15) is 12.5 Å². The van der Waals surface area contributed by atoms with Crippen molar-refractivity contribution >= 4 is 28.4 Å². The van der Waals surface area contributed by atoms with Gasteiger partial charge in [0.1, 0.15) is 11.6 Å². The van der Waals surface area contributed by atoms with Crippen LogP contribution in [0.5, 0.6) is 11.5 Å². The second-order valence-corrected chi connectivity index (χ2v) is 6.17. The first-order chi connectivity index (χ1) is 14.5. The normalized spacial score (nSPS) is 11.2. The van der Waals surface area contributed by atoms with Gasteiger partial charge in [-0.2, -0.15) is 14.0 Å². The quantitative estimate of drug-likeness (QED) is 0.421. The fraction of sp³-hybridized carbons (Fsp3) is 0.130. The summed E-state index contributed by atoms with van der Waals surface area (Å²) in [6, 6.07) is 19.1. The highest BCUT2D eigenvalue weighted by molar-refractivity contribution is 6.12. The summed E-state index contributed by atoms with van der Waals surface area (Å²) < 4.78 is 34.8. The van der Waals surface area contributed by atoms with Crippen molar-refractivity contribution in [3.63, 3.8) is 0 Å². The number of ether oxygens (including phenoxy) is 2. The lowest BCUT2D eigenvalue weighted by Gasteiger charge is -2.12. The highest BCUT2D eigenvalue weighted by atomic mass is 19.3. The molecule has 0 radical (unpaired) electrons. The highest BCUT2D eigenvalue weighted by Gasteiger charge is 2.14. The van der Waals surface area contributed by atoms with Crippen molar-refractivity contribution < 1.29 is 23.0 Å². The second-order valence-electron chi connectivity index (χ2n) is 6.17. The monoisotopic (exact) mass is 408 g/mol. The van der Waals surface area contributed by atoms with Crippen LogP contribution in [-0.2, 0) is 4.79 Å². The molecule has 5 nitrogen and oxygen atoms in total. The molecular formula is C23H18F2N2O3. The van der Waals surface area contributed by atoms with Crippen LogP contribution in [0.2, 0.25) is 0 Å². The molecule has 0 aliphatic heterocycles. The topological polar surface area (TPSA) is 71.3 Å². The van der Waals surface area contributed by atoms with E-state index in [1.807, 2.05) is 42.5 Å². The van der Waals surface area contributed by atoms with E-state index in [1.54, 1.807) is 13.0 Å². The molecule has 0 bridgehead atoms. The van der Waals surface area contributed by atoms with Gasteiger partial charge in [-0.3, -0.25) is 4.79 Å². The van der Waals surface area contributed by atoms with E-state index in [1.165, 1.54) is 24.3 Å². The molecule has 0 unspecified atom stereocenters. The van der Waals surface area contributed by atoms with Crippen molar-refractivity contribution in [2.24, 2.45) is 0 Å². The van der Waals surface area contributed by atoms with Gasteiger partial charge in [0.05, 0.1) is 6.61 Å². The van der Waals surface area contributed by atoms with Gasteiger partial charge in [0, 0.05) is 11.1 Å². The molecule has 30 heavy (non-hydrogen) atoms. The Morgan fingerprint density at radius 2 is 1.90 bits per heavy atom. The van der Waals surface area contributed by atoms with Crippen LogP contribution >= 0.6 is 0 Å². The molecule has 1 amide bonds. The van der Waals surface area contributed by atoms with Crippen molar-refractivity contribution in [3.05, 3.63) is 71.8 Å². The van der Waals surface area contributed by atoms with Crippen LogP contribution in [-0.4, -0.2) is 19.1 Å². The number of carbonyl (C=O) groups is 1. The maximum Gasteiger partial charge on any atom is 0.387 e. The van der Waals surface area contributed by atoms with Crippen LogP contribution in [0.4, 0.5) is 14.5 Å². The third-order valence-corrected chi connectivity index (χ3v) is 4.20. The van der Waals surface area contributed by atoms with Crippen LogP contribution < -0.4 is 14.8 Å². The highest BCUT2D eigenvalue weighted by Crippen LogP contribution is 2.31. The molecule has 1 N–H and O–H groups in total. The third-order valence-electron chi connectivity index (χ3n) is 4.20. The van der Waals surface area contributed by atoms with E-state index in [2.05, 4.69) is 10.1 Å². The van der Waals surface area contributed by atoms with E-state index in [0.717, 1.165) is 10.8 Å².